The van der Waals surface area contributed by atoms with E-state index < -0.39 is 17.6 Å². The molecule has 0 bridgehead atoms. The van der Waals surface area contributed by atoms with Crippen molar-refractivity contribution < 1.29 is 14.4 Å². The van der Waals surface area contributed by atoms with Crippen molar-refractivity contribution in [2.45, 2.75) is 44.3 Å². The molecule has 0 aromatic heterocycles. The number of hydrogen-bond acceptors (Lipinski definition) is 4. The fourth-order valence-corrected chi connectivity index (χ4v) is 5.38. The van der Waals surface area contributed by atoms with Gasteiger partial charge >= 0.3 is 0 Å². The molecule has 6 nitrogen and oxygen atoms in total. The largest absolute Gasteiger partial charge is 0.348 e. The van der Waals surface area contributed by atoms with Gasteiger partial charge in [0.05, 0.1) is 18.1 Å². The molecule has 2 atom stereocenters. The summed E-state index contributed by atoms with van der Waals surface area (Å²) in [5, 5.41) is 9.45. The number of rotatable bonds is 14. The molecule has 42 heavy (non-hydrogen) atoms. The van der Waals surface area contributed by atoms with Crippen LogP contribution in [0.15, 0.2) is 121 Å². The van der Waals surface area contributed by atoms with Crippen LogP contribution < -0.4 is 16.0 Å². The van der Waals surface area contributed by atoms with Gasteiger partial charge in [-0.15, -0.1) is 0 Å². The van der Waals surface area contributed by atoms with E-state index in [9.17, 15) is 14.4 Å². The molecule has 0 aliphatic heterocycles. The molecule has 4 rings (SSSR count). The van der Waals surface area contributed by atoms with E-state index in [4.69, 9.17) is 0 Å². The van der Waals surface area contributed by atoms with E-state index in [0.717, 1.165) is 22.3 Å². The Morgan fingerprint density at radius 3 is 1.55 bits per heavy atom. The van der Waals surface area contributed by atoms with Crippen LogP contribution in [0.2, 0.25) is 0 Å². The Hall–Kier alpha value is -4.55. The third-order valence-electron chi connectivity index (χ3n) is 7.31. The average molecular weight is 562 g/mol. The summed E-state index contributed by atoms with van der Waals surface area (Å²) in [6, 6.07) is 38.7. The third-order valence-corrected chi connectivity index (χ3v) is 7.31. The highest BCUT2D eigenvalue weighted by atomic mass is 16.2. The second kappa shape index (κ2) is 14.9. The molecular formula is C36H39N3O3. The van der Waals surface area contributed by atoms with Crippen LogP contribution in [0.4, 0.5) is 0 Å². The molecule has 6 heteroatoms. The fourth-order valence-electron chi connectivity index (χ4n) is 5.38. The Bertz CT molecular complexity index is 1310. The van der Waals surface area contributed by atoms with Crippen molar-refractivity contribution in [1.29, 1.82) is 0 Å². The number of carbonyl (C=O) groups is 3. The molecule has 4 aromatic carbocycles. The zero-order chi connectivity index (χ0) is 29.8. The Balaban J connectivity index is 1.83. The maximum absolute atomic E-state index is 14.3. The van der Waals surface area contributed by atoms with E-state index in [-0.39, 0.29) is 24.3 Å². The predicted molar refractivity (Wildman–Crippen MR) is 167 cm³/mol. The molecule has 0 fully saturated rings. The van der Waals surface area contributed by atoms with Crippen molar-refractivity contribution in [2.24, 2.45) is 5.92 Å². The SMILES string of the molecule is CC(C)C[C@H](NC(=O)[C@H](Cc1ccccc1)NC(c1ccccc1)(c1ccccc1)c1ccccc1)C(=O)NCC=O. The van der Waals surface area contributed by atoms with Crippen molar-refractivity contribution in [2.75, 3.05) is 6.54 Å². The molecule has 0 unspecified atom stereocenters. The normalized spacial score (nSPS) is 12.7. The number of amides is 2. The molecule has 0 heterocycles. The van der Waals surface area contributed by atoms with Gasteiger partial charge in [0.15, 0.2) is 0 Å². The van der Waals surface area contributed by atoms with Crippen molar-refractivity contribution in [3.05, 3.63) is 144 Å². The lowest BCUT2D eigenvalue weighted by Gasteiger charge is -2.40. The second-order valence-electron chi connectivity index (χ2n) is 10.8. The summed E-state index contributed by atoms with van der Waals surface area (Å²) in [6.45, 7) is 3.89. The average Bonchev–Trinajstić information content (AvgIpc) is 3.03. The van der Waals surface area contributed by atoms with Gasteiger partial charge in [0, 0.05) is 0 Å². The standard InChI is InChI=1S/C36H39N3O3/c1-27(2)25-32(34(41)37-23-24-40)38-35(42)33(26-28-15-7-3-8-16-28)39-36(29-17-9-4-10-18-29,30-19-11-5-12-20-30)31-21-13-6-14-22-31/h3-22,24,27,32-33,39H,23,25-26H2,1-2H3,(H,37,41)(H,38,42)/t32-,33-/m0/s1. The minimum atomic E-state index is -0.881. The Morgan fingerprint density at radius 1 is 0.667 bits per heavy atom. The highest BCUT2D eigenvalue weighted by Gasteiger charge is 2.40. The summed E-state index contributed by atoms with van der Waals surface area (Å²) >= 11 is 0. The van der Waals surface area contributed by atoms with E-state index >= 15 is 0 Å². The van der Waals surface area contributed by atoms with Crippen LogP contribution in [0, 0.1) is 5.92 Å². The summed E-state index contributed by atoms with van der Waals surface area (Å²) in [5.41, 5.74) is 3.05. The molecule has 0 radical (unpaired) electrons. The van der Waals surface area contributed by atoms with Crippen molar-refractivity contribution in [3.63, 3.8) is 0 Å². The van der Waals surface area contributed by atoms with Gasteiger partial charge < -0.3 is 15.4 Å². The van der Waals surface area contributed by atoms with Crippen molar-refractivity contribution >= 4 is 18.1 Å². The van der Waals surface area contributed by atoms with Crippen molar-refractivity contribution in [1.82, 2.24) is 16.0 Å². The van der Waals surface area contributed by atoms with Gasteiger partial charge in [-0.25, -0.2) is 0 Å². The summed E-state index contributed by atoms with van der Waals surface area (Å²) in [7, 11) is 0. The monoisotopic (exact) mass is 561 g/mol. The number of carbonyl (C=O) groups excluding carboxylic acids is 3. The van der Waals surface area contributed by atoms with E-state index in [1.54, 1.807) is 0 Å². The topological polar surface area (TPSA) is 87.3 Å². The summed E-state index contributed by atoms with van der Waals surface area (Å²) in [5.74, 6) is -0.518. The highest BCUT2D eigenvalue weighted by molar-refractivity contribution is 5.90. The molecule has 3 N–H and O–H groups in total. The van der Waals surface area contributed by atoms with Crippen LogP contribution in [-0.4, -0.2) is 36.7 Å². The third kappa shape index (κ3) is 7.59. The van der Waals surface area contributed by atoms with E-state index in [2.05, 4.69) is 52.3 Å². The van der Waals surface area contributed by atoms with E-state index in [0.29, 0.717) is 19.1 Å². The fraction of sp³-hybridized carbons (Fsp3) is 0.250. The molecule has 0 aliphatic carbocycles. The smallest absolute Gasteiger partial charge is 0.242 e. The lowest BCUT2D eigenvalue weighted by Crippen LogP contribution is -2.59. The van der Waals surface area contributed by atoms with Gasteiger partial charge in [0.25, 0.3) is 0 Å². The molecule has 0 saturated heterocycles. The van der Waals surface area contributed by atoms with E-state index in [1.807, 2.05) is 98.8 Å². The van der Waals surface area contributed by atoms with Crippen LogP contribution in [0.5, 0.6) is 0 Å². The molecule has 0 spiro atoms. The number of hydrogen-bond donors (Lipinski definition) is 3. The molecule has 0 aliphatic rings. The first-order valence-electron chi connectivity index (χ1n) is 14.4. The lowest BCUT2D eigenvalue weighted by molar-refractivity contribution is -0.130. The summed E-state index contributed by atoms with van der Waals surface area (Å²) in [6.07, 6.45) is 1.47. The molecule has 216 valence electrons. The second-order valence-corrected chi connectivity index (χ2v) is 10.8. The molecule has 4 aromatic rings. The first-order chi connectivity index (χ1) is 20.4. The Morgan fingerprint density at radius 2 is 1.12 bits per heavy atom. The first kappa shape index (κ1) is 30.4. The zero-order valence-corrected chi connectivity index (χ0v) is 24.2. The van der Waals surface area contributed by atoms with Gasteiger partial charge in [0.1, 0.15) is 12.3 Å². The quantitative estimate of drug-likeness (QED) is 0.149. The summed E-state index contributed by atoms with van der Waals surface area (Å²) in [4.78, 5) is 38.2. The minimum Gasteiger partial charge on any atom is -0.348 e. The maximum Gasteiger partial charge on any atom is 0.242 e. The van der Waals surface area contributed by atoms with Gasteiger partial charge in [0.2, 0.25) is 11.8 Å². The Kier molecular flexibility index (Phi) is 10.8. The van der Waals surface area contributed by atoms with Gasteiger partial charge in [-0.2, -0.15) is 0 Å². The van der Waals surface area contributed by atoms with Crippen molar-refractivity contribution in [3.8, 4) is 0 Å². The zero-order valence-electron chi connectivity index (χ0n) is 24.2. The van der Waals surface area contributed by atoms with Crippen LogP contribution in [0.3, 0.4) is 0 Å². The van der Waals surface area contributed by atoms with Gasteiger partial charge in [-0.3, -0.25) is 14.9 Å². The number of benzene rings is 4. The van der Waals surface area contributed by atoms with E-state index in [1.165, 1.54) is 0 Å². The lowest BCUT2D eigenvalue weighted by atomic mass is 9.76. The maximum atomic E-state index is 14.3. The number of nitrogens with one attached hydrogen (secondary N) is 3. The highest BCUT2D eigenvalue weighted by Crippen LogP contribution is 2.37. The van der Waals surface area contributed by atoms with Gasteiger partial charge in [-0.1, -0.05) is 135 Å². The molecular weight excluding hydrogens is 522 g/mol. The predicted octanol–water partition coefficient (Wildman–Crippen LogP) is 5.03. The van der Waals surface area contributed by atoms with Crippen LogP contribution in [0.25, 0.3) is 0 Å². The number of aldehydes is 1. The summed E-state index contributed by atoms with van der Waals surface area (Å²) < 4.78 is 0. The minimum absolute atomic E-state index is 0.103. The first-order valence-corrected chi connectivity index (χ1v) is 14.4. The van der Waals surface area contributed by atoms with Crippen LogP contribution in [0.1, 0.15) is 42.5 Å². The van der Waals surface area contributed by atoms with Gasteiger partial charge in [-0.05, 0) is 41.0 Å². The molecule has 2 amide bonds. The van der Waals surface area contributed by atoms with Crippen LogP contribution in [-0.2, 0) is 26.3 Å². The van der Waals surface area contributed by atoms with Crippen LogP contribution >= 0.6 is 0 Å². The molecule has 0 saturated carbocycles. The Labute approximate surface area is 248 Å².